The molecule has 1 heterocycles. The van der Waals surface area contributed by atoms with Gasteiger partial charge in [-0.3, -0.25) is 14.7 Å². The molecular weight excluding hydrogens is 516 g/mol. The second-order valence-electron chi connectivity index (χ2n) is 8.91. The maximum absolute atomic E-state index is 14.1. The van der Waals surface area contributed by atoms with Gasteiger partial charge in [0.15, 0.2) is 29.9 Å². The zero-order chi connectivity index (χ0) is 29.2. The van der Waals surface area contributed by atoms with Crippen molar-refractivity contribution >= 4 is 40.5 Å². The van der Waals surface area contributed by atoms with E-state index in [2.05, 4.69) is 15.5 Å². The molecule has 10 heteroatoms. The van der Waals surface area contributed by atoms with Crippen LogP contribution in [0.1, 0.15) is 6.92 Å². The standard InChI is InChI=1S/C16H17FN4O.C14H14FNO2/c1-18-11-4-5-15(12(17)7-11)22-16-6-10-9-19-20-13(10)8-14(16)21(2)3;1-11(3-4-12(9-17)10-18)16(2)14-7-5-13(15)6-8-14/h4-9,18H,1-3H3,(H,19,20);3-10H,1-2H3/b;11-3-. The molecule has 4 rings (SSSR count). The number of benzene rings is 3. The predicted molar refractivity (Wildman–Crippen MR) is 155 cm³/mol. The SMILES string of the molecule is C/C(=C/C=C(C=O)C=O)N(C)c1ccc(F)cc1.CNc1ccc(Oc2cc3cn[nH]c3cc2N(C)C)c(F)c1. The number of anilines is 3. The number of hydrogen-bond donors (Lipinski definition) is 2. The Morgan fingerprint density at radius 2 is 1.65 bits per heavy atom. The molecule has 0 aliphatic carbocycles. The lowest BCUT2D eigenvalue weighted by Gasteiger charge is -2.19. The van der Waals surface area contributed by atoms with E-state index in [1.807, 2.05) is 50.0 Å². The largest absolute Gasteiger partial charge is 0.452 e. The zero-order valence-electron chi connectivity index (χ0n) is 22.9. The first-order valence-corrected chi connectivity index (χ1v) is 12.2. The van der Waals surface area contributed by atoms with E-state index in [1.54, 1.807) is 43.6 Å². The van der Waals surface area contributed by atoms with Crippen LogP contribution in [-0.4, -0.2) is 51.0 Å². The molecule has 0 aliphatic heterocycles. The minimum Gasteiger partial charge on any atom is -0.452 e. The molecule has 0 aliphatic rings. The van der Waals surface area contributed by atoms with E-state index >= 15 is 0 Å². The van der Waals surface area contributed by atoms with Gasteiger partial charge in [-0.05, 0) is 67.6 Å². The first kappa shape index (κ1) is 29.6. The number of carbonyl (C=O) groups excluding carboxylic acids is 2. The van der Waals surface area contributed by atoms with Crippen LogP contribution < -0.4 is 19.9 Å². The molecule has 1 aromatic heterocycles. The maximum atomic E-state index is 14.1. The molecule has 2 N–H and O–H groups in total. The Labute approximate surface area is 231 Å². The third-order valence-corrected chi connectivity index (χ3v) is 5.97. The Balaban J connectivity index is 0.000000226. The number of allylic oxidation sites excluding steroid dienone is 4. The van der Waals surface area contributed by atoms with Crippen molar-refractivity contribution in [3.8, 4) is 11.5 Å². The number of aromatic nitrogens is 2. The summed E-state index contributed by atoms with van der Waals surface area (Å²) in [6.45, 7) is 1.83. The highest BCUT2D eigenvalue weighted by Gasteiger charge is 2.13. The van der Waals surface area contributed by atoms with E-state index in [4.69, 9.17) is 4.74 Å². The summed E-state index contributed by atoms with van der Waals surface area (Å²) in [5, 5.41) is 10.7. The highest BCUT2D eigenvalue weighted by molar-refractivity contribution is 5.99. The first-order chi connectivity index (χ1) is 19.2. The number of nitrogens with one attached hydrogen (secondary N) is 2. The fourth-order valence-electron chi connectivity index (χ4n) is 3.55. The summed E-state index contributed by atoms with van der Waals surface area (Å²) in [6, 6.07) is 14.6. The number of H-pyrrole nitrogens is 1. The smallest absolute Gasteiger partial charge is 0.167 e. The van der Waals surface area contributed by atoms with Crippen molar-refractivity contribution in [3.63, 3.8) is 0 Å². The summed E-state index contributed by atoms with van der Waals surface area (Å²) in [5.41, 5.74) is 4.15. The highest BCUT2D eigenvalue weighted by Crippen LogP contribution is 2.36. The molecule has 8 nitrogen and oxygen atoms in total. The maximum Gasteiger partial charge on any atom is 0.167 e. The van der Waals surface area contributed by atoms with Gasteiger partial charge in [-0.25, -0.2) is 8.78 Å². The van der Waals surface area contributed by atoms with Crippen molar-refractivity contribution < 1.29 is 23.1 Å². The Morgan fingerprint density at radius 1 is 0.950 bits per heavy atom. The first-order valence-electron chi connectivity index (χ1n) is 12.2. The van der Waals surface area contributed by atoms with Gasteiger partial charge < -0.3 is 19.9 Å². The topological polar surface area (TPSA) is 90.6 Å². The van der Waals surface area contributed by atoms with E-state index in [9.17, 15) is 18.4 Å². The Kier molecular flexibility index (Phi) is 10.1. The number of rotatable bonds is 9. The number of carbonyl (C=O) groups is 2. The average Bonchev–Trinajstić information content (AvgIpc) is 3.42. The Bertz CT molecular complexity index is 1520. The second-order valence-corrected chi connectivity index (χ2v) is 8.91. The molecule has 0 radical (unpaired) electrons. The minimum atomic E-state index is -0.413. The van der Waals surface area contributed by atoms with Gasteiger partial charge in [-0.15, -0.1) is 0 Å². The molecule has 0 atom stereocenters. The second kappa shape index (κ2) is 13.7. The van der Waals surface area contributed by atoms with Crippen LogP contribution in [0.25, 0.3) is 10.9 Å². The lowest BCUT2D eigenvalue weighted by atomic mass is 10.2. The fraction of sp³-hybridized carbons (Fsp3) is 0.167. The minimum absolute atomic E-state index is 0.0712. The predicted octanol–water partition coefficient (Wildman–Crippen LogP) is 6.09. The number of aldehydes is 2. The molecule has 0 saturated carbocycles. The summed E-state index contributed by atoms with van der Waals surface area (Å²) < 4.78 is 32.7. The molecule has 0 bridgehead atoms. The monoisotopic (exact) mass is 547 g/mol. The van der Waals surface area contributed by atoms with E-state index < -0.39 is 5.82 Å². The number of ether oxygens (including phenoxy) is 1. The van der Waals surface area contributed by atoms with Gasteiger partial charge in [0, 0.05) is 56.7 Å². The quantitative estimate of drug-likeness (QED) is 0.0861. The van der Waals surface area contributed by atoms with Gasteiger partial charge in [-0.1, -0.05) is 0 Å². The number of hydrogen-bond acceptors (Lipinski definition) is 7. The molecular formula is C30H31F2N5O3. The van der Waals surface area contributed by atoms with Crippen molar-refractivity contribution in [1.29, 1.82) is 0 Å². The average molecular weight is 548 g/mol. The summed E-state index contributed by atoms with van der Waals surface area (Å²) in [5.74, 6) is 0.0571. The molecule has 0 unspecified atom stereocenters. The fourth-order valence-corrected chi connectivity index (χ4v) is 3.55. The van der Waals surface area contributed by atoms with Gasteiger partial charge >= 0.3 is 0 Å². The summed E-state index contributed by atoms with van der Waals surface area (Å²) in [7, 11) is 7.37. The van der Waals surface area contributed by atoms with E-state index in [1.165, 1.54) is 24.3 Å². The van der Waals surface area contributed by atoms with Crippen LogP contribution in [0.4, 0.5) is 25.8 Å². The molecule has 40 heavy (non-hydrogen) atoms. The van der Waals surface area contributed by atoms with Crippen molar-refractivity contribution in [1.82, 2.24) is 10.2 Å². The normalized spacial score (nSPS) is 10.7. The van der Waals surface area contributed by atoms with Crippen molar-refractivity contribution in [2.45, 2.75) is 6.92 Å². The van der Waals surface area contributed by atoms with Crippen molar-refractivity contribution in [2.24, 2.45) is 0 Å². The van der Waals surface area contributed by atoms with Crippen LogP contribution in [0.3, 0.4) is 0 Å². The molecule has 4 aromatic rings. The zero-order valence-corrected chi connectivity index (χ0v) is 22.9. The third kappa shape index (κ3) is 7.53. The summed E-state index contributed by atoms with van der Waals surface area (Å²) in [4.78, 5) is 24.6. The van der Waals surface area contributed by atoms with Gasteiger partial charge in [0.2, 0.25) is 0 Å². The molecule has 0 fully saturated rings. The molecule has 3 aromatic carbocycles. The van der Waals surface area contributed by atoms with Gasteiger partial charge in [0.05, 0.1) is 23.0 Å². The van der Waals surface area contributed by atoms with Crippen LogP contribution in [0.15, 0.2) is 84.2 Å². The Morgan fingerprint density at radius 3 is 2.25 bits per heavy atom. The molecule has 0 spiro atoms. The lowest BCUT2D eigenvalue weighted by molar-refractivity contribution is -0.109. The number of aromatic amines is 1. The van der Waals surface area contributed by atoms with Crippen molar-refractivity contribution in [2.75, 3.05) is 43.3 Å². The molecule has 0 amide bonds. The van der Waals surface area contributed by atoms with Gasteiger partial charge in [-0.2, -0.15) is 5.10 Å². The van der Waals surface area contributed by atoms with Crippen LogP contribution in [0.2, 0.25) is 0 Å². The van der Waals surface area contributed by atoms with E-state index in [0.717, 1.165) is 28.0 Å². The van der Waals surface area contributed by atoms with Gasteiger partial charge in [0.25, 0.3) is 0 Å². The van der Waals surface area contributed by atoms with Crippen molar-refractivity contribution in [3.05, 3.63) is 95.9 Å². The number of nitrogens with zero attached hydrogens (tertiary/aromatic N) is 3. The Hall–Kier alpha value is -4.99. The van der Waals surface area contributed by atoms with Gasteiger partial charge in [0.1, 0.15) is 5.82 Å². The molecule has 208 valence electrons. The van der Waals surface area contributed by atoms with Crippen LogP contribution in [0, 0.1) is 11.6 Å². The molecule has 0 saturated heterocycles. The lowest BCUT2D eigenvalue weighted by Crippen LogP contribution is -2.13. The van der Waals surface area contributed by atoms with E-state index in [0.29, 0.717) is 24.0 Å². The van der Waals surface area contributed by atoms with E-state index in [-0.39, 0.29) is 17.1 Å². The van der Waals surface area contributed by atoms with Crippen LogP contribution in [0.5, 0.6) is 11.5 Å². The van der Waals surface area contributed by atoms with Crippen LogP contribution >= 0.6 is 0 Å². The summed E-state index contributed by atoms with van der Waals surface area (Å²) in [6.07, 6.45) is 5.79. The van der Waals surface area contributed by atoms with Crippen LogP contribution in [-0.2, 0) is 9.59 Å². The number of halogens is 2. The third-order valence-electron chi connectivity index (χ3n) is 5.97. The summed E-state index contributed by atoms with van der Waals surface area (Å²) >= 11 is 0. The highest BCUT2D eigenvalue weighted by atomic mass is 19.1. The number of fused-ring (bicyclic) bond motifs is 1.